The normalized spacial score (nSPS) is 15.5. The SMILES string of the molecule is COc1cccc2c1nc(N)n1nc(C[C@@H](N3Cc4cccnc4C3)C(F)(F)F)nc21. The number of nitrogens with two attached hydrogens (primary N) is 1. The largest absolute Gasteiger partial charge is 0.494 e. The zero-order chi connectivity index (χ0) is 21.8. The molecule has 0 saturated carbocycles. The lowest BCUT2D eigenvalue weighted by molar-refractivity contribution is -0.185. The predicted molar refractivity (Wildman–Crippen MR) is 106 cm³/mol. The molecule has 0 radical (unpaired) electrons. The summed E-state index contributed by atoms with van der Waals surface area (Å²) in [5.74, 6) is 0.550. The Balaban J connectivity index is 1.54. The van der Waals surface area contributed by atoms with Crippen LogP contribution in [0, 0.1) is 0 Å². The first-order valence-corrected chi connectivity index (χ1v) is 9.56. The molecule has 3 aromatic heterocycles. The molecule has 0 saturated heterocycles. The minimum Gasteiger partial charge on any atom is -0.494 e. The lowest BCUT2D eigenvalue weighted by Crippen LogP contribution is -2.44. The van der Waals surface area contributed by atoms with E-state index >= 15 is 0 Å². The maximum Gasteiger partial charge on any atom is 0.404 e. The van der Waals surface area contributed by atoms with Crippen LogP contribution in [0.1, 0.15) is 17.1 Å². The maximum atomic E-state index is 14.0. The molecule has 8 nitrogen and oxygen atoms in total. The minimum absolute atomic E-state index is 0.0205. The number of halogens is 3. The van der Waals surface area contributed by atoms with Crippen molar-refractivity contribution in [2.75, 3.05) is 12.8 Å². The number of benzene rings is 1. The van der Waals surface area contributed by atoms with Crippen molar-refractivity contribution in [3.05, 3.63) is 53.6 Å². The van der Waals surface area contributed by atoms with Crippen LogP contribution in [0.4, 0.5) is 19.1 Å². The summed E-state index contributed by atoms with van der Waals surface area (Å²) in [6, 6.07) is 6.99. The van der Waals surface area contributed by atoms with Gasteiger partial charge >= 0.3 is 6.18 Å². The predicted octanol–water partition coefficient (Wildman–Crippen LogP) is 2.75. The van der Waals surface area contributed by atoms with Gasteiger partial charge in [-0.05, 0) is 23.8 Å². The molecule has 160 valence electrons. The first kappa shape index (κ1) is 19.5. The average molecular weight is 429 g/mol. The van der Waals surface area contributed by atoms with Crippen molar-refractivity contribution in [3.63, 3.8) is 0 Å². The van der Waals surface area contributed by atoms with E-state index in [9.17, 15) is 13.2 Å². The number of aromatic nitrogens is 5. The average Bonchev–Trinajstić information content (AvgIpc) is 3.35. The van der Waals surface area contributed by atoms with E-state index in [4.69, 9.17) is 10.5 Å². The van der Waals surface area contributed by atoms with E-state index < -0.39 is 18.6 Å². The zero-order valence-electron chi connectivity index (χ0n) is 16.5. The van der Waals surface area contributed by atoms with Crippen LogP contribution in [-0.2, 0) is 19.5 Å². The van der Waals surface area contributed by atoms with Crippen LogP contribution in [0.15, 0.2) is 36.5 Å². The fraction of sp³-hybridized carbons (Fsp3) is 0.300. The van der Waals surface area contributed by atoms with E-state index in [-0.39, 0.29) is 24.9 Å². The lowest BCUT2D eigenvalue weighted by atomic mass is 10.1. The molecule has 1 aliphatic rings. The molecule has 1 aliphatic heterocycles. The highest BCUT2D eigenvalue weighted by Crippen LogP contribution is 2.33. The molecule has 0 unspecified atom stereocenters. The van der Waals surface area contributed by atoms with E-state index in [1.165, 1.54) is 16.5 Å². The third kappa shape index (κ3) is 3.30. The van der Waals surface area contributed by atoms with Crippen LogP contribution in [0.25, 0.3) is 16.6 Å². The Hall–Kier alpha value is -3.47. The highest BCUT2D eigenvalue weighted by Gasteiger charge is 2.46. The van der Waals surface area contributed by atoms with Gasteiger partial charge in [0.05, 0.1) is 12.8 Å². The number of alkyl halides is 3. The Morgan fingerprint density at radius 2 is 2.00 bits per heavy atom. The Kier molecular flexibility index (Phi) is 4.43. The summed E-state index contributed by atoms with van der Waals surface area (Å²) in [7, 11) is 1.50. The third-order valence-corrected chi connectivity index (χ3v) is 5.46. The molecule has 2 N–H and O–H groups in total. The molecular formula is C20H18F3N7O. The van der Waals surface area contributed by atoms with Crippen molar-refractivity contribution in [1.82, 2.24) is 29.5 Å². The van der Waals surface area contributed by atoms with E-state index in [1.54, 1.807) is 36.5 Å². The zero-order valence-corrected chi connectivity index (χ0v) is 16.5. The molecule has 4 aromatic rings. The first-order valence-electron chi connectivity index (χ1n) is 9.56. The summed E-state index contributed by atoms with van der Waals surface area (Å²) >= 11 is 0. The van der Waals surface area contributed by atoms with Gasteiger partial charge in [-0.1, -0.05) is 12.1 Å². The summed E-state index contributed by atoms with van der Waals surface area (Å²) < 4.78 is 48.5. The molecule has 1 aromatic carbocycles. The molecular weight excluding hydrogens is 411 g/mol. The summed E-state index contributed by atoms with van der Waals surface area (Å²) in [5.41, 5.74) is 8.28. The summed E-state index contributed by atoms with van der Waals surface area (Å²) in [4.78, 5) is 14.2. The molecule has 0 aliphatic carbocycles. The fourth-order valence-corrected chi connectivity index (χ4v) is 3.99. The Labute approximate surface area is 174 Å². The smallest absolute Gasteiger partial charge is 0.404 e. The first-order chi connectivity index (χ1) is 14.8. The van der Waals surface area contributed by atoms with Gasteiger partial charge in [0.1, 0.15) is 17.3 Å². The Bertz CT molecular complexity index is 1260. The van der Waals surface area contributed by atoms with Crippen LogP contribution < -0.4 is 10.5 Å². The number of pyridine rings is 1. The van der Waals surface area contributed by atoms with E-state index in [0.29, 0.717) is 28.0 Å². The van der Waals surface area contributed by atoms with Crippen molar-refractivity contribution in [1.29, 1.82) is 0 Å². The number of para-hydroxylation sites is 1. The Morgan fingerprint density at radius 3 is 2.74 bits per heavy atom. The highest BCUT2D eigenvalue weighted by atomic mass is 19.4. The Morgan fingerprint density at radius 1 is 1.16 bits per heavy atom. The third-order valence-electron chi connectivity index (χ3n) is 5.46. The number of ether oxygens (including phenoxy) is 1. The van der Waals surface area contributed by atoms with E-state index in [2.05, 4.69) is 20.1 Å². The van der Waals surface area contributed by atoms with Crippen LogP contribution in [0.3, 0.4) is 0 Å². The molecule has 4 heterocycles. The molecule has 0 bridgehead atoms. The number of methoxy groups -OCH3 is 1. The molecule has 31 heavy (non-hydrogen) atoms. The van der Waals surface area contributed by atoms with Crippen molar-refractivity contribution >= 4 is 22.5 Å². The van der Waals surface area contributed by atoms with Crippen molar-refractivity contribution in [2.45, 2.75) is 31.7 Å². The molecule has 1 atom stereocenters. The van der Waals surface area contributed by atoms with Gasteiger partial charge in [-0.25, -0.2) is 9.97 Å². The maximum absolute atomic E-state index is 14.0. The van der Waals surface area contributed by atoms with Crippen LogP contribution >= 0.6 is 0 Å². The number of anilines is 1. The van der Waals surface area contributed by atoms with E-state index in [1.807, 2.05) is 0 Å². The topological polar surface area (TPSA) is 94.5 Å². The van der Waals surface area contributed by atoms with Crippen LogP contribution in [-0.4, -0.2) is 48.8 Å². The number of fused-ring (bicyclic) bond motifs is 4. The van der Waals surface area contributed by atoms with Gasteiger partial charge < -0.3 is 10.5 Å². The van der Waals surface area contributed by atoms with Crippen LogP contribution in [0.5, 0.6) is 5.75 Å². The number of nitrogen functional groups attached to an aromatic ring is 1. The molecule has 5 rings (SSSR count). The monoisotopic (exact) mass is 429 g/mol. The van der Waals surface area contributed by atoms with Crippen molar-refractivity contribution in [2.24, 2.45) is 0 Å². The second-order valence-electron chi connectivity index (χ2n) is 7.37. The van der Waals surface area contributed by atoms with Gasteiger partial charge in [0.15, 0.2) is 11.5 Å². The van der Waals surface area contributed by atoms with Gasteiger partial charge in [0, 0.05) is 31.1 Å². The van der Waals surface area contributed by atoms with Crippen molar-refractivity contribution in [3.8, 4) is 5.75 Å². The highest BCUT2D eigenvalue weighted by molar-refractivity contribution is 5.95. The molecule has 11 heteroatoms. The van der Waals surface area contributed by atoms with Crippen LogP contribution in [0.2, 0.25) is 0 Å². The number of nitrogens with zero attached hydrogens (tertiary/aromatic N) is 6. The standard InChI is InChI=1S/C20H18F3N7O/c1-31-14-6-2-5-12-17(14)27-19(24)30-18(12)26-16(28-30)8-15(20(21,22)23)29-9-11-4-3-7-25-13(11)10-29/h2-7,15H,8-10H2,1H3,(H2,24,27)/t15-/m1/s1. The lowest BCUT2D eigenvalue weighted by Gasteiger charge is -2.28. The minimum atomic E-state index is -4.46. The number of hydrogen-bond acceptors (Lipinski definition) is 7. The quantitative estimate of drug-likeness (QED) is 0.533. The van der Waals surface area contributed by atoms with Gasteiger partial charge in [0.25, 0.3) is 0 Å². The molecule has 0 amide bonds. The molecule has 0 spiro atoms. The van der Waals surface area contributed by atoms with E-state index in [0.717, 1.165) is 5.56 Å². The summed E-state index contributed by atoms with van der Waals surface area (Å²) in [6.07, 6.45) is -3.29. The van der Waals surface area contributed by atoms with Gasteiger partial charge in [0.2, 0.25) is 5.95 Å². The second-order valence-corrected chi connectivity index (χ2v) is 7.37. The summed E-state index contributed by atoms with van der Waals surface area (Å²) in [6.45, 7) is 0.294. The second kappa shape index (κ2) is 7.05. The number of rotatable bonds is 4. The van der Waals surface area contributed by atoms with Crippen molar-refractivity contribution < 1.29 is 17.9 Å². The van der Waals surface area contributed by atoms with Gasteiger partial charge in [-0.3, -0.25) is 9.88 Å². The summed E-state index contributed by atoms with van der Waals surface area (Å²) in [5, 5.41) is 4.82. The fourth-order valence-electron chi connectivity index (χ4n) is 3.99. The van der Waals surface area contributed by atoms with Gasteiger partial charge in [-0.2, -0.15) is 17.7 Å². The van der Waals surface area contributed by atoms with Gasteiger partial charge in [-0.15, -0.1) is 5.10 Å². The number of hydrogen-bond donors (Lipinski definition) is 1. The molecule has 0 fully saturated rings.